The Morgan fingerprint density at radius 3 is 2.62 bits per heavy atom. The van der Waals surface area contributed by atoms with Gasteiger partial charge in [-0.1, -0.05) is 6.07 Å². The van der Waals surface area contributed by atoms with Crippen molar-refractivity contribution in [1.82, 2.24) is 4.31 Å². The Hall–Kier alpha value is -1.28. The number of alkyl halides is 3. The van der Waals surface area contributed by atoms with Crippen LogP contribution in [-0.2, 0) is 23.0 Å². The van der Waals surface area contributed by atoms with Gasteiger partial charge in [-0.3, -0.25) is 0 Å². The van der Waals surface area contributed by atoms with E-state index in [1.165, 1.54) is 16.4 Å². The smallest absolute Gasteiger partial charge is 0.389 e. The Labute approximate surface area is 121 Å². The van der Waals surface area contributed by atoms with Crippen LogP contribution in [0, 0.1) is 0 Å². The van der Waals surface area contributed by atoms with Gasteiger partial charge in [-0.05, 0) is 36.1 Å². The van der Waals surface area contributed by atoms with Crippen LogP contribution < -0.4 is 0 Å². The zero-order valence-corrected chi connectivity index (χ0v) is 12.0. The van der Waals surface area contributed by atoms with Gasteiger partial charge in [-0.15, -0.1) is 0 Å². The highest BCUT2D eigenvalue weighted by atomic mass is 32.2. The van der Waals surface area contributed by atoms with Gasteiger partial charge in [-0.2, -0.15) is 17.5 Å². The van der Waals surface area contributed by atoms with E-state index in [4.69, 9.17) is 0 Å². The van der Waals surface area contributed by atoms with Crippen molar-refractivity contribution < 1.29 is 26.7 Å². The van der Waals surface area contributed by atoms with Crippen LogP contribution in [0.2, 0.25) is 0 Å². The predicted molar refractivity (Wildman–Crippen MR) is 71.3 cm³/mol. The summed E-state index contributed by atoms with van der Waals surface area (Å²) in [7, 11) is -3.71. The van der Waals surface area contributed by atoms with Gasteiger partial charge in [0.15, 0.2) is 0 Å². The van der Waals surface area contributed by atoms with E-state index in [9.17, 15) is 26.7 Å². The molecule has 1 aliphatic rings. The molecule has 1 aromatic carbocycles. The maximum Gasteiger partial charge on any atom is 0.389 e. The first-order valence-corrected chi connectivity index (χ1v) is 8.14. The number of sulfonamides is 1. The van der Waals surface area contributed by atoms with Gasteiger partial charge >= 0.3 is 6.18 Å². The monoisotopic (exact) mass is 323 g/mol. The minimum atomic E-state index is -4.34. The highest BCUT2D eigenvalue weighted by Crippen LogP contribution is 2.26. The fourth-order valence-electron chi connectivity index (χ4n) is 2.34. The number of hydrogen-bond donors (Lipinski definition) is 1. The van der Waals surface area contributed by atoms with E-state index in [0.29, 0.717) is 12.0 Å². The quantitative estimate of drug-likeness (QED) is 0.926. The van der Waals surface area contributed by atoms with E-state index >= 15 is 0 Å². The molecule has 1 aliphatic heterocycles. The third-order valence-corrected chi connectivity index (χ3v) is 5.33. The molecule has 0 atom stereocenters. The van der Waals surface area contributed by atoms with E-state index in [1.54, 1.807) is 6.07 Å². The molecular weight excluding hydrogens is 307 g/mol. The van der Waals surface area contributed by atoms with Crippen LogP contribution in [0.1, 0.15) is 24.0 Å². The molecule has 8 heteroatoms. The summed E-state index contributed by atoms with van der Waals surface area (Å²) in [5, 5.41) is 9.42. The zero-order valence-electron chi connectivity index (χ0n) is 11.2. The third-order valence-electron chi connectivity index (χ3n) is 3.42. The second kappa shape index (κ2) is 5.84. The molecule has 0 spiro atoms. The van der Waals surface area contributed by atoms with Crippen molar-refractivity contribution in [1.29, 1.82) is 0 Å². The molecule has 2 rings (SSSR count). The van der Waals surface area contributed by atoms with Gasteiger partial charge in [0, 0.05) is 19.5 Å². The third kappa shape index (κ3) is 4.34. The normalized spacial score (nSPS) is 16.7. The number of halogens is 3. The number of phenols is 1. The van der Waals surface area contributed by atoms with Crippen molar-refractivity contribution in [2.24, 2.45) is 0 Å². The molecule has 0 amide bonds. The van der Waals surface area contributed by atoms with Crippen LogP contribution in [0.25, 0.3) is 0 Å². The highest BCUT2D eigenvalue weighted by molar-refractivity contribution is 7.89. The number of nitrogens with zero attached hydrogens (tertiary/aromatic N) is 1. The average molecular weight is 323 g/mol. The van der Waals surface area contributed by atoms with Crippen molar-refractivity contribution >= 4 is 10.0 Å². The lowest BCUT2D eigenvalue weighted by Gasteiger charge is -2.28. The van der Waals surface area contributed by atoms with E-state index in [0.717, 1.165) is 5.56 Å². The largest absolute Gasteiger partial charge is 0.508 e. The molecule has 0 saturated carbocycles. The molecule has 1 N–H and O–H groups in total. The van der Waals surface area contributed by atoms with Crippen LogP contribution in [0.3, 0.4) is 0 Å². The summed E-state index contributed by atoms with van der Waals surface area (Å²) < 4.78 is 61.5. The van der Waals surface area contributed by atoms with Gasteiger partial charge in [0.2, 0.25) is 10.0 Å². The number of benzene rings is 1. The molecule has 0 radical (unpaired) electrons. The molecule has 4 nitrogen and oxygen atoms in total. The lowest BCUT2D eigenvalue weighted by molar-refractivity contribution is -0.134. The second-order valence-corrected chi connectivity index (χ2v) is 7.16. The fraction of sp³-hybridized carbons (Fsp3) is 0.538. The second-order valence-electron chi connectivity index (χ2n) is 5.07. The molecule has 21 heavy (non-hydrogen) atoms. The molecule has 0 saturated heterocycles. The van der Waals surface area contributed by atoms with Gasteiger partial charge in [0.25, 0.3) is 0 Å². The lowest BCUT2D eigenvalue weighted by Crippen LogP contribution is -2.37. The maximum atomic E-state index is 12.1. The molecule has 0 aromatic heterocycles. The highest BCUT2D eigenvalue weighted by Gasteiger charge is 2.30. The van der Waals surface area contributed by atoms with Crippen molar-refractivity contribution in [3.8, 4) is 5.75 Å². The molecule has 1 aromatic rings. The van der Waals surface area contributed by atoms with Crippen molar-refractivity contribution in [3.63, 3.8) is 0 Å². The number of hydrogen-bond acceptors (Lipinski definition) is 3. The Bertz CT molecular complexity index is 614. The average Bonchev–Trinajstić information content (AvgIpc) is 2.36. The SMILES string of the molecule is O=S(=O)(CCCC(F)(F)F)N1CCc2ccc(O)cc2C1. The summed E-state index contributed by atoms with van der Waals surface area (Å²) in [6.07, 6.45) is -5.38. The topological polar surface area (TPSA) is 57.6 Å². The Balaban J connectivity index is 2.02. The summed E-state index contributed by atoms with van der Waals surface area (Å²) >= 11 is 0. The van der Waals surface area contributed by atoms with Crippen LogP contribution in [-0.4, -0.2) is 36.3 Å². The summed E-state index contributed by atoms with van der Waals surface area (Å²) in [4.78, 5) is 0. The number of fused-ring (bicyclic) bond motifs is 1. The molecule has 0 fully saturated rings. The molecular formula is C13H16F3NO3S. The van der Waals surface area contributed by atoms with Crippen molar-refractivity contribution in [3.05, 3.63) is 29.3 Å². The number of aromatic hydroxyl groups is 1. The Kier molecular flexibility index (Phi) is 4.48. The molecule has 0 unspecified atom stereocenters. The Morgan fingerprint density at radius 1 is 1.24 bits per heavy atom. The van der Waals surface area contributed by atoms with E-state index in [2.05, 4.69) is 0 Å². The van der Waals surface area contributed by atoms with Crippen LogP contribution >= 0.6 is 0 Å². The molecule has 1 heterocycles. The van der Waals surface area contributed by atoms with Gasteiger partial charge in [0.1, 0.15) is 5.75 Å². The van der Waals surface area contributed by atoms with Gasteiger partial charge < -0.3 is 5.11 Å². The van der Waals surface area contributed by atoms with Gasteiger partial charge in [-0.25, -0.2) is 8.42 Å². The maximum absolute atomic E-state index is 12.1. The van der Waals surface area contributed by atoms with Crippen LogP contribution in [0.5, 0.6) is 5.75 Å². The summed E-state index contributed by atoms with van der Waals surface area (Å²) in [6.45, 7) is 0.351. The molecule has 0 aliphatic carbocycles. The standard InChI is InChI=1S/C13H16F3NO3S/c14-13(15,16)5-1-7-21(19,20)17-6-4-10-2-3-12(18)8-11(10)9-17/h2-3,8,18H,1,4-7,9H2. The predicted octanol–water partition coefficient (Wildman–Crippen LogP) is 2.42. The number of rotatable bonds is 4. The summed E-state index contributed by atoms with van der Waals surface area (Å²) in [5.74, 6) is -0.467. The number of phenolic OH excluding ortho intramolecular Hbond substituents is 1. The summed E-state index contributed by atoms with van der Waals surface area (Å²) in [6, 6.07) is 4.76. The van der Waals surface area contributed by atoms with E-state index in [-0.39, 0.29) is 18.8 Å². The lowest BCUT2D eigenvalue weighted by atomic mass is 10.0. The zero-order chi connectivity index (χ0) is 15.7. The fourth-order valence-corrected chi connectivity index (χ4v) is 3.81. The summed E-state index contributed by atoms with van der Waals surface area (Å²) in [5.41, 5.74) is 1.65. The first kappa shape index (κ1) is 16.1. The first-order chi connectivity index (χ1) is 9.67. The van der Waals surface area contributed by atoms with E-state index < -0.39 is 34.8 Å². The minimum Gasteiger partial charge on any atom is -0.508 e. The van der Waals surface area contributed by atoms with Crippen LogP contribution in [0.4, 0.5) is 13.2 Å². The van der Waals surface area contributed by atoms with Crippen LogP contribution in [0.15, 0.2) is 18.2 Å². The Morgan fingerprint density at radius 2 is 1.95 bits per heavy atom. The minimum absolute atomic E-state index is 0.0464. The first-order valence-electron chi connectivity index (χ1n) is 6.53. The molecule has 0 bridgehead atoms. The van der Waals surface area contributed by atoms with Gasteiger partial charge in [0.05, 0.1) is 5.75 Å². The van der Waals surface area contributed by atoms with Crippen molar-refractivity contribution in [2.45, 2.75) is 32.0 Å². The van der Waals surface area contributed by atoms with Crippen molar-refractivity contribution in [2.75, 3.05) is 12.3 Å². The molecule has 118 valence electrons. The van der Waals surface area contributed by atoms with E-state index in [1.807, 2.05) is 0 Å².